The van der Waals surface area contributed by atoms with E-state index in [9.17, 15) is 22.8 Å². The number of pyridine rings is 1. The Balaban J connectivity index is 1.38. The van der Waals surface area contributed by atoms with Crippen molar-refractivity contribution in [1.82, 2.24) is 9.88 Å². The van der Waals surface area contributed by atoms with Gasteiger partial charge in [-0.25, -0.2) is 0 Å². The Labute approximate surface area is 235 Å². The number of aromatic nitrogens is 1. The van der Waals surface area contributed by atoms with E-state index in [4.69, 9.17) is 4.74 Å². The average Bonchev–Trinajstić information content (AvgIpc) is 3.00. The Morgan fingerprint density at radius 1 is 1.07 bits per heavy atom. The molecule has 214 valence electrons. The van der Waals surface area contributed by atoms with Gasteiger partial charge in [0.2, 0.25) is 0 Å². The molecule has 3 saturated heterocycles. The summed E-state index contributed by atoms with van der Waals surface area (Å²) in [6.45, 7) is 4.15. The molecule has 2 N–H and O–H groups in total. The van der Waals surface area contributed by atoms with Gasteiger partial charge in [0.1, 0.15) is 17.1 Å². The van der Waals surface area contributed by atoms with Gasteiger partial charge in [0, 0.05) is 29.9 Å². The average molecular weight is 565 g/mol. The predicted octanol–water partition coefficient (Wildman–Crippen LogP) is 5.88. The monoisotopic (exact) mass is 564 g/mol. The molecule has 3 unspecified atom stereocenters. The molecule has 2 bridgehead atoms. The first kappa shape index (κ1) is 27.3. The summed E-state index contributed by atoms with van der Waals surface area (Å²) in [6.07, 6.45) is 0.463. The van der Waals surface area contributed by atoms with Crippen LogP contribution in [0.5, 0.6) is 5.75 Å². The first-order valence-electron chi connectivity index (χ1n) is 13.9. The van der Waals surface area contributed by atoms with E-state index in [-0.39, 0.29) is 29.1 Å². The number of rotatable bonds is 8. The van der Waals surface area contributed by atoms with Crippen molar-refractivity contribution in [2.75, 3.05) is 30.8 Å². The summed E-state index contributed by atoms with van der Waals surface area (Å²) >= 11 is 0. The Bertz CT molecular complexity index is 1650. The number of alkyl halides is 3. The molecule has 0 spiro atoms. The minimum atomic E-state index is -4.47. The number of halogens is 3. The molecule has 4 aromatic rings. The smallest absolute Gasteiger partial charge is 0.416 e. The van der Waals surface area contributed by atoms with Crippen molar-refractivity contribution in [2.45, 2.75) is 44.4 Å². The highest BCUT2D eigenvalue weighted by molar-refractivity contribution is 5.85. The number of methoxy groups -OCH3 is 1. The molecule has 3 fully saturated rings. The van der Waals surface area contributed by atoms with Crippen molar-refractivity contribution < 1.29 is 17.9 Å². The molecule has 4 heterocycles. The van der Waals surface area contributed by atoms with Crippen LogP contribution in [-0.4, -0.2) is 36.1 Å². The summed E-state index contributed by atoms with van der Waals surface area (Å²) in [6, 6.07) is 11.7. The number of ether oxygens (including phenoxy) is 1. The maximum atomic E-state index is 13.0. The number of hydrogen-bond acceptors (Lipinski definition) is 7. The fraction of sp³-hybridized carbons (Fsp3) is 0.387. The number of anilines is 3. The van der Waals surface area contributed by atoms with E-state index in [0.717, 1.165) is 61.0 Å². The van der Waals surface area contributed by atoms with Gasteiger partial charge >= 0.3 is 6.18 Å². The molecule has 0 radical (unpaired) electrons. The molecule has 0 amide bonds. The molecule has 0 aliphatic carbocycles. The van der Waals surface area contributed by atoms with Crippen molar-refractivity contribution in [3.05, 3.63) is 86.3 Å². The van der Waals surface area contributed by atoms with E-state index in [1.54, 1.807) is 13.3 Å². The van der Waals surface area contributed by atoms with Crippen molar-refractivity contribution >= 4 is 28.0 Å². The summed E-state index contributed by atoms with van der Waals surface area (Å²) in [4.78, 5) is 32.6. The third kappa shape index (κ3) is 4.94. The summed E-state index contributed by atoms with van der Waals surface area (Å²) < 4.78 is 44.6. The van der Waals surface area contributed by atoms with Crippen LogP contribution in [0.15, 0.2) is 64.3 Å². The molecule has 41 heavy (non-hydrogen) atoms. The zero-order valence-corrected chi connectivity index (χ0v) is 22.8. The van der Waals surface area contributed by atoms with Gasteiger partial charge in [-0.05, 0) is 85.3 Å². The lowest BCUT2D eigenvalue weighted by atomic mass is 9.72. The molecular formula is C31H31F3N4O3. The molecular weight excluding hydrogens is 533 g/mol. The van der Waals surface area contributed by atoms with E-state index >= 15 is 0 Å². The topological polar surface area (TPSA) is 83.6 Å². The SMILES string of the molecule is CCC1CN2CCC1C[C@H]2[C@@H](Nc1c(Nc2ccc(C(F)(F)F)cc2)c(=O)c1=O)c1ccnc2ccc(OC)cc12. The van der Waals surface area contributed by atoms with Gasteiger partial charge < -0.3 is 15.4 Å². The third-order valence-corrected chi connectivity index (χ3v) is 8.85. The zero-order valence-electron chi connectivity index (χ0n) is 22.8. The van der Waals surface area contributed by atoms with E-state index in [1.807, 2.05) is 24.3 Å². The Hall–Kier alpha value is -3.92. The minimum absolute atomic E-state index is 0.0538. The second-order valence-corrected chi connectivity index (χ2v) is 11.0. The molecule has 10 heteroatoms. The highest BCUT2D eigenvalue weighted by Gasteiger charge is 2.44. The van der Waals surface area contributed by atoms with Crippen LogP contribution in [0.1, 0.15) is 43.4 Å². The van der Waals surface area contributed by atoms with Crippen LogP contribution in [0.2, 0.25) is 0 Å². The maximum Gasteiger partial charge on any atom is 0.416 e. The lowest BCUT2D eigenvalue weighted by molar-refractivity contribution is -0.137. The van der Waals surface area contributed by atoms with Crippen LogP contribution in [0.3, 0.4) is 0 Å². The molecule has 0 saturated carbocycles. The van der Waals surface area contributed by atoms with Gasteiger partial charge in [0.05, 0.1) is 24.2 Å². The van der Waals surface area contributed by atoms with Crippen molar-refractivity contribution in [1.29, 1.82) is 0 Å². The maximum absolute atomic E-state index is 13.0. The first-order valence-corrected chi connectivity index (χ1v) is 13.9. The van der Waals surface area contributed by atoms with Crippen molar-refractivity contribution in [2.24, 2.45) is 11.8 Å². The lowest BCUT2D eigenvalue weighted by Crippen LogP contribution is -2.56. The van der Waals surface area contributed by atoms with Gasteiger partial charge in [0.25, 0.3) is 10.9 Å². The van der Waals surface area contributed by atoms with Gasteiger partial charge in [-0.1, -0.05) is 13.3 Å². The van der Waals surface area contributed by atoms with E-state index < -0.39 is 22.6 Å². The number of hydrogen-bond donors (Lipinski definition) is 2. The zero-order chi connectivity index (χ0) is 28.9. The Morgan fingerprint density at radius 3 is 2.49 bits per heavy atom. The first-order chi connectivity index (χ1) is 19.7. The predicted molar refractivity (Wildman–Crippen MR) is 153 cm³/mol. The van der Waals surface area contributed by atoms with E-state index in [2.05, 4.69) is 27.4 Å². The highest BCUT2D eigenvalue weighted by Crippen LogP contribution is 2.44. The summed E-state index contributed by atoms with van der Waals surface area (Å²) in [5, 5.41) is 7.20. The van der Waals surface area contributed by atoms with Crippen LogP contribution in [0.25, 0.3) is 10.9 Å². The highest BCUT2D eigenvalue weighted by atomic mass is 19.4. The fourth-order valence-electron chi connectivity index (χ4n) is 6.61. The number of nitrogens with zero attached hydrogens (tertiary/aromatic N) is 2. The van der Waals surface area contributed by atoms with E-state index in [1.165, 1.54) is 12.1 Å². The Kier molecular flexibility index (Phi) is 6.97. The second-order valence-electron chi connectivity index (χ2n) is 11.0. The summed E-state index contributed by atoms with van der Waals surface area (Å²) in [7, 11) is 1.60. The van der Waals surface area contributed by atoms with Gasteiger partial charge in [-0.2, -0.15) is 13.2 Å². The lowest BCUT2D eigenvalue weighted by Gasteiger charge is -2.52. The van der Waals surface area contributed by atoms with Gasteiger partial charge in [-0.15, -0.1) is 0 Å². The molecule has 1 aromatic heterocycles. The number of nitrogens with one attached hydrogen (secondary N) is 2. The second kappa shape index (κ2) is 10.5. The third-order valence-electron chi connectivity index (χ3n) is 8.85. The number of piperidine rings is 3. The van der Waals surface area contributed by atoms with Crippen LogP contribution in [0, 0.1) is 11.8 Å². The molecule has 3 aromatic carbocycles. The molecule has 5 atom stereocenters. The van der Waals surface area contributed by atoms with Crippen LogP contribution >= 0.6 is 0 Å². The van der Waals surface area contributed by atoms with Crippen molar-refractivity contribution in [3.8, 4) is 5.75 Å². The summed E-state index contributed by atoms with van der Waals surface area (Å²) in [5.41, 5.74) is 0.0548. The number of benzene rings is 2. The van der Waals surface area contributed by atoms with Crippen molar-refractivity contribution in [3.63, 3.8) is 0 Å². The standard InChI is InChI=1S/C31H31F3N4O3/c1-3-17-16-38-13-11-18(17)14-25(38)26(22-10-12-35-24-9-8-21(41-2)15-23(22)24)37-28-27(29(39)30(28)40)36-20-6-4-19(5-7-20)31(32,33)34/h4-10,12,15,17-18,25-26,36-37H,3,11,13-14,16H2,1-2H3/t17?,18?,25-,26-/m0/s1. The molecule has 3 aliphatic heterocycles. The van der Waals surface area contributed by atoms with Crippen LogP contribution < -0.4 is 26.2 Å². The molecule has 7 nitrogen and oxygen atoms in total. The van der Waals surface area contributed by atoms with Gasteiger partial charge in [-0.3, -0.25) is 19.5 Å². The Morgan fingerprint density at radius 2 is 1.83 bits per heavy atom. The molecule has 3 aliphatic rings. The normalized spacial score (nSPS) is 23.0. The quantitative estimate of drug-likeness (QED) is 0.259. The van der Waals surface area contributed by atoms with E-state index in [0.29, 0.717) is 17.6 Å². The molecule has 7 rings (SSSR count). The largest absolute Gasteiger partial charge is 0.497 e. The summed E-state index contributed by atoms with van der Waals surface area (Å²) in [5.74, 6) is 1.87. The van der Waals surface area contributed by atoms with Gasteiger partial charge in [0.15, 0.2) is 0 Å². The van der Waals surface area contributed by atoms with Crippen LogP contribution in [0.4, 0.5) is 30.2 Å². The number of fused-ring (bicyclic) bond motifs is 4. The fourth-order valence-corrected chi connectivity index (χ4v) is 6.61. The van der Waals surface area contributed by atoms with Crippen LogP contribution in [-0.2, 0) is 6.18 Å². The minimum Gasteiger partial charge on any atom is -0.497 e.